The van der Waals surface area contributed by atoms with E-state index in [1.165, 1.54) is 0 Å². The van der Waals surface area contributed by atoms with Crippen LogP contribution in [0.1, 0.15) is 79.1 Å². The number of allylic oxidation sites excluding steroid dienone is 4. The number of carboxylic acid groups (broad SMARTS) is 4. The Morgan fingerprint density at radius 1 is 0.455 bits per heavy atom. The Balaban J connectivity index is -0.000000105. The summed E-state index contributed by atoms with van der Waals surface area (Å²) in [7, 11) is 0. The molecule has 0 spiro atoms. The fraction of sp³-hybridized carbons (Fsp3) is 0.500. The molecule has 9 heteroatoms. The van der Waals surface area contributed by atoms with Crippen LogP contribution in [0.4, 0.5) is 0 Å². The van der Waals surface area contributed by atoms with Crippen molar-refractivity contribution in [3.63, 3.8) is 0 Å². The van der Waals surface area contributed by atoms with Crippen LogP contribution in [0.2, 0.25) is 0 Å². The summed E-state index contributed by atoms with van der Waals surface area (Å²) in [5.74, 6) is -4.45. The maximum absolute atomic E-state index is 9.68. The summed E-state index contributed by atoms with van der Waals surface area (Å²) >= 11 is 0. The predicted molar refractivity (Wildman–Crippen MR) is 122 cm³/mol. The number of carboxylic acids is 4. The van der Waals surface area contributed by atoms with E-state index in [1.807, 2.05) is 27.7 Å². The first kappa shape index (κ1) is 41.1. The summed E-state index contributed by atoms with van der Waals surface area (Å²) in [4.78, 5) is 38.7. The van der Waals surface area contributed by atoms with Gasteiger partial charge in [-0.15, -0.1) is 0 Å². The van der Waals surface area contributed by atoms with Gasteiger partial charge in [0.15, 0.2) is 0 Å². The molecule has 0 aliphatic carbocycles. The van der Waals surface area contributed by atoms with E-state index >= 15 is 0 Å². The zero-order valence-electron chi connectivity index (χ0n) is 20.0. The molecule has 0 saturated carbocycles. The van der Waals surface area contributed by atoms with Crippen LogP contribution in [0.15, 0.2) is 48.6 Å². The maximum atomic E-state index is 9.68. The van der Waals surface area contributed by atoms with E-state index < -0.39 is 23.9 Å². The fourth-order valence-electron chi connectivity index (χ4n) is 1.38. The molecule has 0 bridgehead atoms. The molecule has 0 aromatic rings. The Hall–Kier alpha value is -2.24. The minimum atomic E-state index is -1.11. The van der Waals surface area contributed by atoms with Crippen molar-refractivity contribution in [2.24, 2.45) is 0 Å². The number of aliphatic carboxylic acids is 4. The first-order chi connectivity index (χ1) is 15.1. The van der Waals surface area contributed by atoms with Crippen LogP contribution < -0.4 is 20.4 Å². The first-order valence-corrected chi connectivity index (χ1v) is 10.6. The van der Waals surface area contributed by atoms with Crippen molar-refractivity contribution in [1.82, 2.24) is 0 Å². The standard InChI is InChI=1S/4C6H10O2.Pb/c4*1-2-3-4-5-6(7)8;/h4*4-5H,2-3H2,1H3,(H,7,8);/p-4/b4*5-4+;. The molecule has 0 unspecified atom stereocenters. The molecule has 33 heavy (non-hydrogen) atoms. The molecule has 188 valence electrons. The maximum Gasteiger partial charge on any atom is 0.0639 e. The molecule has 0 aromatic carbocycles. The second-order valence-electron chi connectivity index (χ2n) is 6.04. The Bertz CT molecular complexity index is 489. The van der Waals surface area contributed by atoms with Crippen LogP contribution in [0.3, 0.4) is 0 Å². The number of hydrogen-bond acceptors (Lipinski definition) is 8. The van der Waals surface area contributed by atoms with Crippen molar-refractivity contribution in [2.45, 2.75) is 79.1 Å². The van der Waals surface area contributed by atoms with Gasteiger partial charge in [-0.2, -0.15) is 0 Å². The van der Waals surface area contributed by atoms with E-state index in [2.05, 4.69) is 0 Å². The molecule has 0 N–H and O–H groups in total. The molecule has 0 aliphatic heterocycles. The number of unbranched alkanes of at least 4 members (excludes halogenated alkanes) is 4. The molecule has 0 atom stereocenters. The van der Waals surface area contributed by atoms with Crippen LogP contribution in [0, 0.1) is 0 Å². The second-order valence-corrected chi connectivity index (χ2v) is 6.04. The van der Waals surface area contributed by atoms with Crippen molar-refractivity contribution in [2.75, 3.05) is 0 Å². The van der Waals surface area contributed by atoms with Gasteiger partial charge in [0.1, 0.15) is 0 Å². The third-order valence-electron chi connectivity index (χ3n) is 2.84. The van der Waals surface area contributed by atoms with Gasteiger partial charge < -0.3 is 39.6 Å². The van der Waals surface area contributed by atoms with Crippen LogP contribution in [-0.4, -0.2) is 51.2 Å². The minimum absolute atomic E-state index is 0. The van der Waals surface area contributed by atoms with E-state index in [-0.39, 0.29) is 27.3 Å². The molecule has 8 nitrogen and oxygen atoms in total. The molecule has 0 heterocycles. The Morgan fingerprint density at radius 3 is 0.697 bits per heavy atom. The molecular weight excluding hydrogens is 623 g/mol. The quantitative estimate of drug-likeness (QED) is 0.209. The summed E-state index contributed by atoms with van der Waals surface area (Å²) in [5, 5.41) is 38.7. The molecule has 4 radical (unpaired) electrons. The molecular formula is C24H36O8Pb-4. The average Bonchev–Trinajstić information content (AvgIpc) is 2.69. The first-order valence-electron chi connectivity index (χ1n) is 10.6. The summed E-state index contributed by atoms with van der Waals surface area (Å²) in [6, 6.07) is 0. The van der Waals surface area contributed by atoms with E-state index in [9.17, 15) is 39.6 Å². The SMILES string of the molecule is CCC/C=C/C(=O)[O-].CCC/C=C/C(=O)[O-].CCC/C=C/C(=O)[O-].CCC/C=C/C(=O)[O-].[Pb]. The van der Waals surface area contributed by atoms with Gasteiger partial charge >= 0.3 is 0 Å². The number of carbonyl (C=O) groups excluding carboxylic acids is 4. The Kier molecular flexibility index (Phi) is 46.2. The van der Waals surface area contributed by atoms with E-state index in [4.69, 9.17) is 0 Å². The van der Waals surface area contributed by atoms with Crippen LogP contribution >= 0.6 is 0 Å². The van der Waals surface area contributed by atoms with Gasteiger partial charge in [-0.05, 0) is 50.0 Å². The van der Waals surface area contributed by atoms with Gasteiger partial charge in [0.2, 0.25) is 0 Å². The monoisotopic (exact) mass is 660 g/mol. The largest absolute Gasteiger partial charge is 0.545 e. The molecule has 0 aliphatic rings. The van der Waals surface area contributed by atoms with Gasteiger partial charge in [-0.25, -0.2) is 0 Å². The third-order valence-corrected chi connectivity index (χ3v) is 2.84. The van der Waals surface area contributed by atoms with Crippen LogP contribution in [0.5, 0.6) is 0 Å². The van der Waals surface area contributed by atoms with Gasteiger partial charge in [0.25, 0.3) is 0 Å². The molecule has 0 aromatic heterocycles. The van der Waals surface area contributed by atoms with Gasteiger partial charge in [0.05, 0.1) is 23.9 Å². The normalized spacial score (nSPS) is 9.82. The van der Waals surface area contributed by atoms with Crippen molar-refractivity contribution >= 4 is 51.2 Å². The van der Waals surface area contributed by atoms with Crippen LogP contribution in [0.25, 0.3) is 0 Å². The van der Waals surface area contributed by atoms with E-state index in [0.717, 1.165) is 75.7 Å². The summed E-state index contributed by atoms with van der Waals surface area (Å²) in [5.41, 5.74) is 0. The Labute approximate surface area is 217 Å². The number of carbonyl (C=O) groups is 4. The average molecular weight is 660 g/mol. The van der Waals surface area contributed by atoms with Crippen molar-refractivity contribution in [3.8, 4) is 0 Å². The minimum Gasteiger partial charge on any atom is -0.545 e. The summed E-state index contributed by atoms with van der Waals surface area (Å²) in [6.07, 6.45) is 17.8. The van der Waals surface area contributed by atoms with Gasteiger partial charge in [-0.3, -0.25) is 0 Å². The van der Waals surface area contributed by atoms with E-state index in [0.29, 0.717) is 0 Å². The molecule has 0 fully saturated rings. The second kappa shape index (κ2) is 37.1. The van der Waals surface area contributed by atoms with Crippen molar-refractivity contribution < 1.29 is 39.6 Å². The van der Waals surface area contributed by atoms with Crippen molar-refractivity contribution in [3.05, 3.63) is 48.6 Å². The third kappa shape index (κ3) is 72.7. The van der Waals surface area contributed by atoms with E-state index in [1.54, 1.807) is 24.3 Å². The number of hydrogen-bond donors (Lipinski definition) is 0. The van der Waals surface area contributed by atoms with Gasteiger partial charge in [-0.1, -0.05) is 77.7 Å². The smallest absolute Gasteiger partial charge is 0.0639 e. The van der Waals surface area contributed by atoms with Crippen LogP contribution in [-0.2, 0) is 19.2 Å². The van der Waals surface area contributed by atoms with Gasteiger partial charge in [0, 0.05) is 27.3 Å². The van der Waals surface area contributed by atoms with Crippen molar-refractivity contribution in [1.29, 1.82) is 0 Å². The summed E-state index contributed by atoms with van der Waals surface area (Å²) in [6.45, 7) is 7.94. The Morgan fingerprint density at radius 2 is 0.606 bits per heavy atom. The fourth-order valence-corrected chi connectivity index (χ4v) is 1.38. The molecule has 0 saturated heterocycles. The predicted octanol–water partition coefficient (Wildman–Crippen LogP) is -0.0104. The molecule has 0 amide bonds. The zero-order valence-corrected chi connectivity index (χ0v) is 23.9. The summed E-state index contributed by atoms with van der Waals surface area (Å²) < 4.78 is 0. The number of rotatable bonds is 12. The molecule has 0 rings (SSSR count). The zero-order chi connectivity index (χ0) is 25.6. The topological polar surface area (TPSA) is 161 Å².